The maximum absolute atomic E-state index is 5.95. The van der Waals surface area contributed by atoms with E-state index < -0.39 is 0 Å². The standard InChI is InChI=1S/C14H17ClN2S/c15-11-2-1-3-12(8-11)16-14(18)17-13-7-9-4-5-10(13)6-9/h1-3,8-10,13H,4-7H2,(H2,16,17,18)/t9-,10-,13-/m1/s1. The second-order valence-electron chi connectivity index (χ2n) is 5.39. The van der Waals surface area contributed by atoms with Crippen molar-refractivity contribution in [3.8, 4) is 0 Å². The van der Waals surface area contributed by atoms with Gasteiger partial charge in [0.05, 0.1) is 0 Å². The minimum Gasteiger partial charge on any atom is -0.359 e. The molecule has 2 nitrogen and oxygen atoms in total. The summed E-state index contributed by atoms with van der Waals surface area (Å²) in [4.78, 5) is 0. The molecule has 2 N–H and O–H groups in total. The Hall–Kier alpha value is -0.800. The van der Waals surface area contributed by atoms with E-state index in [-0.39, 0.29) is 0 Å². The van der Waals surface area contributed by atoms with Gasteiger partial charge in [-0.15, -0.1) is 0 Å². The zero-order valence-electron chi connectivity index (χ0n) is 10.2. The summed E-state index contributed by atoms with van der Waals surface area (Å²) in [7, 11) is 0. The van der Waals surface area contributed by atoms with Gasteiger partial charge in [0.25, 0.3) is 0 Å². The molecule has 0 saturated heterocycles. The van der Waals surface area contributed by atoms with Gasteiger partial charge in [-0.1, -0.05) is 24.1 Å². The Morgan fingerprint density at radius 2 is 2.17 bits per heavy atom. The van der Waals surface area contributed by atoms with Crippen LogP contribution < -0.4 is 10.6 Å². The maximum atomic E-state index is 5.95. The molecule has 3 rings (SSSR count). The summed E-state index contributed by atoms with van der Waals surface area (Å²) >= 11 is 11.3. The van der Waals surface area contributed by atoms with Crippen LogP contribution in [0.5, 0.6) is 0 Å². The van der Waals surface area contributed by atoms with Crippen LogP contribution in [-0.2, 0) is 0 Å². The summed E-state index contributed by atoms with van der Waals surface area (Å²) in [6.07, 6.45) is 5.44. The van der Waals surface area contributed by atoms with Crippen LogP contribution >= 0.6 is 23.8 Å². The van der Waals surface area contributed by atoms with Gasteiger partial charge in [-0.05, 0) is 61.5 Å². The molecule has 1 aromatic carbocycles. The Labute approximate surface area is 118 Å². The molecule has 0 aromatic heterocycles. The van der Waals surface area contributed by atoms with Crippen LogP contribution in [0.4, 0.5) is 5.69 Å². The van der Waals surface area contributed by atoms with Gasteiger partial charge in [-0.2, -0.15) is 0 Å². The van der Waals surface area contributed by atoms with Crippen LogP contribution in [0.15, 0.2) is 24.3 Å². The Morgan fingerprint density at radius 1 is 1.28 bits per heavy atom. The fourth-order valence-electron chi connectivity index (χ4n) is 3.32. The quantitative estimate of drug-likeness (QED) is 0.806. The summed E-state index contributed by atoms with van der Waals surface area (Å²) in [6, 6.07) is 8.21. The van der Waals surface area contributed by atoms with Crippen molar-refractivity contribution in [1.82, 2.24) is 5.32 Å². The van der Waals surface area contributed by atoms with E-state index in [1.54, 1.807) is 0 Å². The van der Waals surface area contributed by atoms with Crippen molar-refractivity contribution in [2.75, 3.05) is 5.32 Å². The van der Waals surface area contributed by atoms with Crippen LogP contribution in [0.25, 0.3) is 0 Å². The van der Waals surface area contributed by atoms with Gasteiger partial charge in [0.15, 0.2) is 5.11 Å². The van der Waals surface area contributed by atoms with E-state index >= 15 is 0 Å². The third-order valence-corrected chi connectivity index (χ3v) is 4.59. The number of hydrogen-bond donors (Lipinski definition) is 2. The molecule has 0 heterocycles. The molecule has 2 aliphatic carbocycles. The summed E-state index contributed by atoms with van der Waals surface area (Å²) < 4.78 is 0. The van der Waals surface area contributed by atoms with Gasteiger partial charge < -0.3 is 10.6 Å². The molecule has 0 radical (unpaired) electrons. The second-order valence-corrected chi connectivity index (χ2v) is 6.23. The molecule has 2 saturated carbocycles. The summed E-state index contributed by atoms with van der Waals surface area (Å²) in [5, 5.41) is 8.10. The van der Waals surface area contributed by atoms with Gasteiger partial charge >= 0.3 is 0 Å². The van der Waals surface area contributed by atoms with Gasteiger partial charge in [0.2, 0.25) is 0 Å². The van der Waals surface area contributed by atoms with E-state index in [1.165, 1.54) is 25.7 Å². The minimum atomic E-state index is 0.572. The highest BCUT2D eigenvalue weighted by Crippen LogP contribution is 2.44. The van der Waals surface area contributed by atoms with Crippen molar-refractivity contribution >= 4 is 34.6 Å². The van der Waals surface area contributed by atoms with E-state index in [9.17, 15) is 0 Å². The summed E-state index contributed by atoms with van der Waals surface area (Å²) in [5.74, 6) is 1.76. The average molecular weight is 281 g/mol. The van der Waals surface area contributed by atoms with Crippen molar-refractivity contribution in [3.05, 3.63) is 29.3 Å². The number of rotatable bonds is 2. The number of benzene rings is 1. The Morgan fingerprint density at radius 3 is 2.83 bits per heavy atom. The summed E-state index contributed by atoms with van der Waals surface area (Å²) in [5.41, 5.74) is 0.947. The minimum absolute atomic E-state index is 0.572. The summed E-state index contributed by atoms with van der Waals surface area (Å²) in [6.45, 7) is 0. The smallest absolute Gasteiger partial charge is 0.171 e. The zero-order valence-corrected chi connectivity index (χ0v) is 11.7. The maximum Gasteiger partial charge on any atom is 0.171 e. The molecular weight excluding hydrogens is 264 g/mol. The largest absolute Gasteiger partial charge is 0.359 e. The predicted octanol–water partition coefficient (Wildman–Crippen LogP) is 3.82. The van der Waals surface area contributed by atoms with E-state index in [0.29, 0.717) is 6.04 Å². The van der Waals surface area contributed by atoms with Crippen LogP contribution in [0.1, 0.15) is 25.7 Å². The molecule has 0 spiro atoms. The molecular formula is C14H17ClN2S. The molecule has 1 aromatic rings. The second kappa shape index (κ2) is 5.06. The van der Waals surface area contributed by atoms with Crippen LogP contribution in [0.3, 0.4) is 0 Å². The fourth-order valence-corrected chi connectivity index (χ4v) is 3.78. The number of hydrogen-bond acceptors (Lipinski definition) is 1. The molecule has 0 unspecified atom stereocenters. The normalized spacial score (nSPS) is 29.3. The van der Waals surface area contributed by atoms with Crippen molar-refractivity contribution < 1.29 is 0 Å². The fraction of sp³-hybridized carbons (Fsp3) is 0.500. The Balaban J connectivity index is 1.56. The van der Waals surface area contributed by atoms with Crippen LogP contribution in [-0.4, -0.2) is 11.2 Å². The molecule has 0 aliphatic heterocycles. The lowest BCUT2D eigenvalue weighted by Gasteiger charge is -2.24. The van der Waals surface area contributed by atoms with E-state index in [0.717, 1.165) is 27.7 Å². The highest BCUT2D eigenvalue weighted by molar-refractivity contribution is 7.80. The molecule has 18 heavy (non-hydrogen) atoms. The van der Waals surface area contributed by atoms with Gasteiger partial charge in [0.1, 0.15) is 0 Å². The monoisotopic (exact) mass is 280 g/mol. The Kier molecular flexibility index (Phi) is 3.44. The Bertz CT molecular complexity index is 463. The molecule has 3 atom stereocenters. The van der Waals surface area contributed by atoms with Crippen LogP contribution in [0, 0.1) is 11.8 Å². The third kappa shape index (κ3) is 2.62. The molecule has 2 aliphatic rings. The molecule has 2 bridgehead atoms. The van der Waals surface area contributed by atoms with Crippen molar-refractivity contribution in [1.29, 1.82) is 0 Å². The zero-order chi connectivity index (χ0) is 12.5. The van der Waals surface area contributed by atoms with Crippen molar-refractivity contribution in [2.24, 2.45) is 11.8 Å². The number of fused-ring (bicyclic) bond motifs is 2. The van der Waals surface area contributed by atoms with Gasteiger partial charge in [-0.3, -0.25) is 0 Å². The highest BCUT2D eigenvalue weighted by atomic mass is 35.5. The number of halogens is 1. The number of nitrogens with one attached hydrogen (secondary N) is 2. The van der Waals surface area contributed by atoms with Crippen LogP contribution in [0.2, 0.25) is 5.02 Å². The van der Waals surface area contributed by atoms with Gasteiger partial charge in [-0.25, -0.2) is 0 Å². The molecule has 0 amide bonds. The first kappa shape index (κ1) is 12.2. The lowest BCUT2D eigenvalue weighted by atomic mass is 9.96. The predicted molar refractivity (Wildman–Crippen MR) is 80.0 cm³/mol. The highest BCUT2D eigenvalue weighted by Gasteiger charge is 2.39. The topological polar surface area (TPSA) is 24.1 Å². The molecule has 4 heteroatoms. The van der Waals surface area contributed by atoms with E-state index in [1.807, 2.05) is 24.3 Å². The molecule has 96 valence electrons. The van der Waals surface area contributed by atoms with E-state index in [2.05, 4.69) is 10.6 Å². The lowest BCUT2D eigenvalue weighted by Crippen LogP contribution is -2.40. The third-order valence-electron chi connectivity index (χ3n) is 4.14. The average Bonchev–Trinajstić information content (AvgIpc) is 2.90. The molecule has 2 fully saturated rings. The van der Waals surface area contributed by atoms with Crippen molar-refractivity contribution in [2.45, 2.75) is 31.7 Å². The first-order valence-electron chi connectivity index (χ1n) is 6.54. The number of anilines is 1. The number of thiocarbonyl (C=S) groups is 1. The van der Waals surface area contributed by atoms with Gasteiger partial charge in [0, 0.05) is 16.8 Å². The first-order valence-corrected chi connectivity index (χ1v) is 7.32. The lowest BCUT2D eigenvalue weighted by molar-refractivity contribution is 0.392. The first-order chi connectivity index (χ1) is 8.70. The SMILES string of the molecule is S=C(Nc1cccc(Cl)c1)N[C@@H]1C[C@@H]2CC[C@@H]1C2. The van der Waals surface area contributed by atoms with E-state index in [4.69, 9.17) is 23.8 Å². The van der Waals surface area contributed by atoms with Crippen molar-refractivity contribution in [3.63, 3.8) is 0 Å².